The van der Waals surface area contributed by atoms with Crippen LogP contribution >= 0.6 is 0 Å². The highest BCUT2D eigenvalue weighted by molar-refractivity contribution is 6.00. The molecule has 2 aliphatic carbocycles. The SMILES string of the molecule is C#CC(=O)C1(C)C2CCC(C2)C1C. The maximum atomic E-state index is 11.7. The fourth-order valence-electron chi connectivity index (χ4n) is 3.42. The number of rotatable bonds is 1. The highest BCUT2D eigenvalue weighted by Gasteiger charge is 2.56. The van der Waals surface area contributed by atoms with E-state index in [9.17, 15) is 4.79 Å². The van der Waals surface area contributed by atoms with Gasteiger partial charge in [-0.05, 0) is 42.9 Å². The van der Waals surface area contributed by atoms with Crippen LogP contribution in [0.4, 0.5) is 0 Å². The molecule has 70 valence electrons. The van der Waals surface area contributed by atoms with Crippen molar-refractivity contribution in [2.75, 3.05) is 0 Å². The Morgan fingerprint density at radius 2 is 2.23 bits per heavy atom. The molecule has 0 radical (unpaired) electrons. The monoisotopic (exact) mass is 176 g/mol. The Hall–Kier alpha value is -0.770. The average Bonchev–Trinajstić information content (AvgIpc) is 2.69. The molecular weight excluding hydrogens is 160 g/mol. The molecule has 0 aromatic heterocycles. The zero-order valence-corrected chi connectivity index (χ0v) is 8.34. The van der Waals surface area contributed by atoms with Gasteiger partial charge in [0, 0.05) is 5.41 Å². The topological polar surface area (TPSA) is 17.1 Å². The van der Waals surface area contributed by atoms with E-state index < -0.39 is 0 Å². The molecular formula is C12H16O. The molecule has 1 heteroatoms. The van der Waals surface area contributed by atoms with Crippen molar-refractivity contribution in [1.82, 2.24) is 0 Å². The smallest absolute Gasteiger partial charge is 0.211 e. The molecule has 0 aromatic rings. The molecule has 0 heterocycles. The summed E-state index contributed by atoms with van der Waals surface area (Å²) >= 11 is 0. The third-order valence-electron chi connectivity index (χ3n) is 4.59. The molecule has 4 atom stereocenters. The normalized spacial score (nSPS) is 47.6. The van der Waals surface area contributed by atoms with Crippen molar-refractivity contribution >= 4 is 5.78 Å². The largest absolute Gasteiger partial charge is 0.284 e. The maximum absolute atomic E-state index is 11.7. The Morgan fingerprint density at radius 1 is 1.54 bits per heavy atom. The Bertz CT molecular complexity index is 282. The van der Waals surface area contributed by atoms with Crippen molar-refractivity contribution in [3.63, 3.8) is 0 Å². The summed E-state index contributed by atoms with van der Waals surface area (Å²) in [6.07, 6.45) is 8.97. The quantitative estimate of drug-likeness (QED) is 0.442. The number of Topliss-reactive ketones (excluding diaryl/α,β-unsaturated/α-hetero) is 1. The Morgan fingerprint density at radius 3 is 2.69 bits per heavy atom. The molecule has 4 unspecified atom stereocenters. The Balaban J connectivity index is 2.34. The van der Waals surface area contributed by atoms with Crippen LogP contribution in [0.2, 0.25) is 0 Å². The Labute approximate surface area is 79.9 Å². The second-order valence-corrected chi connectivity index (χ2v) is 4.81. The third-order valence-corrected chi connectivity index (χ3v) is 4.59. The van der Waals surface area contributed by atoms with Gasteiger partial charge in [0.15, 0.2) is 0 Å². The van der Waals surface area contributed by atoms with Gasteiger partial charge in [0.25, 0.3) is 0 Å². The minimum absolute atomic E-state index is 0.0344. The van der Waals surface area contributed by atoms with Gasteiger partial charge in [-0.15, -0.1) is 6.42 Å². The van der Waals surface area contributed by atoms with Crippen molar-refractivity contribution in [2.45, 2.75) is 33.1 Å². The number of carbonyl (C=O) groups is 1. The standard InChI is InChI=1S/C12H16O/c1-4-11(13)12(3)8(2)9-5-6-10(12)7-9/h1,8-10H,5-7H2,2-3H3. The fourth-order valence-corrected chi connectivity index (χ4v) is 3.42. The Kier molecular flexibility index (Phi) is 1.77. The summed E-state index contributed by atoms with van der Waals surface area (Å²) < 4.78 is 0. The molecule has 2 aliphatic rings. The third kappa shape index (κ3) is 0.921. The first kappa shape index (κ1) is 8.81. The van der Waals surface area contributed by atoms with Gasteiger partial charge in [0.1, 0.15) is 0 Å². The van der Waals surface area contributed by atoms with Gasteiger partial charge < -0.3 is 0 Å². The summed E-state index contributed by atoms with van der Waals surface area (Å²) in [6.45, 7) is 4.27. The molecule has 0 amide bonds. The molecule has 0 N–H and O–H groups in total. The summed E-state index contributed by atoms with van der Waals surface area (Å²) in [6, 6.07) is 0. The lowest BCUT2D eigenvalue weighted by Crippen LogP contribution is -2.38. The second-order valence-electron chi connectivity index (χ2n) is 4.81. The lowest BCUT2D eigenvalue weighted by molar-refractivity contribution is -0.127. The minimum atomic E-state index is -0.197. The number of ketones is 1. The molecule has 2 bridgehead atoms. The predicted molar refractivity (Wildman–Crippen MR) is 51.9 cm³/mol. The second kappa shape index (κ2) is 2.61. The zero-order chi connectivity index (χ0) is 9.64. The lowest BCUT2D eigenvalue weighted by Gasteiger charge is -2.36. The van der Waals surface area contributed by atoms with E-state index in [1.807, 2.05) is 0 Å². The van der Waals surface area contributed by atoms with E-state index in [0.29, 0.717) is 11.8 Å². The van der Waals surface area contributed by atoms with E-state index in [1.54, 1.807) is 0 Å². The number of hydrogen-bond acceptors (Lipinski definition) is 1. The van der Waals surface area contributed by atoms with Crippen molar-refractivity contribution < 1.29 is 4.79 Å². The van der Waals surface area contributed by atoms with Crippen LogP contribution in [0.3, 0.4) is 0 Å². The first-order valence-corrected chi connectivity index (χ1v) is 5.11. The summed E-state index contributed by atoms with van der Waals surface area (Å²) in [5.74, 6) is 4.18. The van der Waals surface area contributed by atoms with Crippen molar-refractivity contribution in [3.8, 4) is 12.3 Å². The van der Waals surface area contributed by atoms with Crippen molar-refractivity contribution in [1.29, 1.82) is 0 Å². The summed E-state index contributed by atoms with van der Waals surface area (Å²) in [5, 5.41) is 0. The predicted octanol–water partition coefficient (Wildman–Crippen LogP) is 2.26. The van der Waals surface area contributed by atoms with Gasteiger partial charge >= 0.3 is 0 Å². The summed E-state index contributed by atoms with van der Waals surface area (Å²) in [7, 11) is 0. The fraction of sp³-hybridized carbons (Fsp3) is 0.750. The maximum Gasteiger partial charge on any atom is 0.211 e. The van der Waals surface area contributed by atoms with Gasteiger partial charge in [-0.1, -0.05) is 13.8 Å². The molecule has 2 saturated carbocycles. The molecule has 2 rings (SSSR count). The van der Waals surface area contributed by atoms with E-state index in [4.69, 9.17) is 6.42 Å². The zero-order valence-electron chi connectivity index (χ0n) is 8.34. The summed E-state index contributed by atoms with van der Waals surface area (Å²) in [5.41, 5.74) is -0.197. The first-order chi connectivity index (χ1) is 6.10. The lowest BCUT2D eigenvalue weighted by atomic mass is 9.66. The van der Waals surface area contributed by atoms with Crippen LogP contribution in [0.15, 0.2) is 0 Å². The molecule has 0 aliphatic heterocycles. The highest BCUT2D eigenvalue weighted by atomic mass is 16.1. The van der Waals surface area contributed by atoms with Gasteiger partial charge in [0.2, 0.25) is 5.78 Å². The van der Waals surface area contributed by atoms with E-state index in [-0.39, 0.29) is 11.2 Å². The van der Waals surface area contributed by atoms with Crippen LogP contribution in [0, 0.1) is 35.5 Å². The van der Waals surface area contributed by atoms with E-state index in [2.05, 4.69) is 19.8 Å². The number of terminal acetylenes is 1. The molecule has 13 heavy (non-hydrogen) atoms. The van der Waals surface area contributed by atoms with Crippen LogP contribution < -0.4 is 0 Å². The number of hydrogen-bond donors (Lipinski definition) is 0. The molecule has 2 fully saturated rings. The van der Waals surface area contributed by atoms with Crippen molar-refractivity contribution in [2.24, 2.45) is 23.2 Å². The molecule has 1 nitrogen and oxygen atoms in total. The first-order valence-electron chi connectivity index (χ1n) is 5.11. The highest BCUT2D eigenvalue weighted by Crippen LogP contribution is 2.59. The van der Waals surface area contributed by atoms with E-state index in [0.717, 1.165) is 5.92 Å². The summed E-state index contributed by atoms with van der Waals surface area (Å²) in [4.78, 5) is 11.7. The van der Waals surface area contributed by atoms with Crippen LogP contribution in [-0.4, -0.2) is 5.78 Å². The minimum Gasteiger partial charge on any atom is -0.284 e. The molecule has 0 spiro atoms. The van der Waals surface area contributed by atoms with Gasteiger partial charge in [-0.25, -0.2) is 0 Å². The number of carbonyl (C=O) groups excluding carboxylic acids is 1. The average molecular weight is 176 g/mol. The van der Waals surface area contributed by atoms with E-state index in [1.165, 1.54) is 19.3 Å². The van der Waals surface area contributed by atoms with Crippen LogP contribution in [0.1, 0.15) is 33.1 Å². The number of fused-ring (bicyclic) bond motifs is 2. The van der Waals surface area contributed by atoms with Crippen molar-refractivity contribution in [3.05, 3.63) is 0 Å². The van der Waals surface area contributed by atoms with Gasteiger partial charge in [-0.2, -0.15) is 0 Å². The van der Waals surface area contributed by atoms with Crippen LogP contribution in [-0.2, 0) is 4.79 Å². The van der Waals surface area contributed by atoms with Gasteiger partial charge in [-0.3, -0.25) is 4.79 Å². The molecule has 0 aromatic carbocycles. The van der Waals surface area contributed by atoms with E-state index >= 15 is 0 Å². The molecule has 0 saturated heterocycles. The van der Waals surface area contributed by atoms with Crippen LogP contribution in [0.25, 0.3) is 0 Å². The van der Waals surface area contributed by atoms with Gasteiger partial charge in [0.05, 0.1) is 0 Å². The van der Waals surface area contributed by atoms with Crippen LogP contribution in [0.5, 0.6) is 0 Å².